The first-order chi connectivity index (χ1) is 8.58. The minimum atomic E-state index is -0.209. The molecular weight excluding hydrogens is 314 g/mol. The number of pyridine rings is 1. The zero-order valence-electron chi connectivity index (χ0n) is 9.98. The Morgan fingerprint density at radius 3 is 2.89 bits per heavy atom. The summed E-state index contributed by atoms with van der Waals surface area (Å²) in [6.45, 7) is 4.14. The van der Waals surface area contributed by atoms with Crippen molar-refractivity contribution in [3.63, 3.8) is 0 Å². The third-order valence-corrected chi connectivity index (χ3v) is 3.75. The van der Waals surface area contributed by atoms with Crippen LogP contribution in [0.5, 0.6) is 0 Å². The van der Waals surface area contributed by atoms with E-state index in [4.69, 9.17) is 0 Å². The number of amides is 1. The van der Waals surface area contributed by atoms with Gasteiger partial charge in [0, 0.05) is 11.6 Å². The molecule has 18 heavy (non-hydrogen) atoms. The van der Waals surface area contributed by atoms with Crippen molar-refractivity contribution in [2.24, 2.45) is 0 Å². The number of nitrogens with zero attached hydrogens (tertiary/aromatic N) is 2. The van der Waals surface area contributed by atoms with Crippen molar-refractivity contribution in [3.8, 4) is 0 Å². The van der Waals surface area contributed by atoms with Crippen molar-refractivity contribution < 1.29 is 4.79 Å². The maximum atomic E-state index is 12.0. The maximum absolute atomic E-state index is 12.0. The number of thiazole rings is 1. The molecule has 0 fully saturated rings. The molecule has 4 nitrogen and oxygen atoms in total. The Bertz CT molecular complexity index is 568. The SMILES string of the molecule is CC(C)c1csc(NC(=O)c2cccnc2Br)n1. The summed E-state index contributed by atoms with van der Waals surface area (Å²) in [7, 11) is 0. The van der Waals surface area contributed by atoms with Crippen LogP contribution in [0.25, 0.3) is 0 Å². The van der Waals surface area contributed by atoms with E-state index in [9.17, 15) is 4.79 Å². The Hall–Kier alpha value is -1.27. The molecule has 0 radical (unpaired) electrons. The lowest BCUT2D eigenvalue weighted by molar-refractivity contribution is 0.102. The van der Waals surface area contributed by atoms with E-state index in [1.165, 1.54) is 11.3 Å². The number of anilines is 1. The molecule has 0 aliphatic carbocycles. The van der Waals surface area contributed by atoms with Gasteiger partial charge in [-0.25, -0.2) is 9.97 Å². The standard InChI is InChI=1S/C12H12BrN3OS/c1-7(2)9-6-18-12(15-9)16-11(17)8-4-3-5-14-10(8)13/h3-7H,1-2H3,(H,15,16,17). The number of nitrogens with one attached hydrogen (secondary N) is 1. The molecule has 1 amide bonds. The highest BCUT2D eigenvalue weighted by molar-refractivity contribution is 9.10. The molecule has 0 aliphatic rings. The largest absolute Gasteiger partial charge is 0.298 e. The van der Waals surface area contributed by atoms with E-state index in [1.54, 1.807) is 18.3 Å². The zero-order chi connectivity index (χ0) is 13.1. The molecule has 1 N–H and O–H groups in total. The molecular formula is C12H12BrN3OS. The van der Waals surface area contributed by atoms with Crippen LogP contribution in [0.3, 0.4) is 0 Å². The molecule has 0 spiro atoms. The smallest absolute Gasteiger partial charge is 0.260 e. The fourth-order valence-corrected chi connectivity index (χ4v) is 2.63. The summed E-state index contributed by atoms with van der Waals surface area (Å²) in [5.74, 6) is 0.150. The minimum Gasteiger partial charge on any atom is -0.298 e. The number of halogens is 1. The summed E-state index contributed by atoms with van der Waals surface area (Å²) >= 11 is 4.68. The lowest BCUT2D eigenvalue weighted by Gasteiger charge is -2.03. The highest BCUT2D eigenvalue weighted by atomic mass is 79.9. The van der Waals surface area contributed by atoms with E-state index in [0.29, 0.717) is 21.2 Å². The highest BCUT2D eigenvalue weighted by Crippen LogP contribution is 2.22. The molecule has 94 valence electrons. The van der Waals surface area contributed by atoms with Gasteiger partial charge in [0.2, 0.25) is 0 Å². The first kappa shape index (κ1) is 13.2. The summed E-state index contributed by atoms with van der Waals surface area (Å²) in [6, 6.07) is 3.43. The van der Waals surface area contributed by atoms with Crippen molar-refractivity contribution >= 4 is 38.3 Å². The molecule has 2 aromatic rings. The Morgan fingerprint density at radius 1 is 1.50 bits per heavy atom. The molecule has 0 unspecified atom stereocenters. The van der Waals surface area contributed by atoms with Crippen LogP contribution in [-0.4, -0.2) is 15.9 Å². The highest BCUT2D eigenvalue weighted by Gasteiger charge is 2.13. The van der Waals surface area contributed by atoms with Crippen molar-refractivity contribution in [2.45, 2.75) is 19.8 Å². The van der Waals surface area contributed by atoms with Crippen molar-refractivity contribution in [3.05, 3.63) is 39.6 Å². The molecule has 0 saturated heterocycles. The van der Waals surface area contributed by atoms with E-state index in [2.05, 4.69) is 45.1 Å². The second kappa shape index (κ2) is 5.58. The molecule has 0 aromatic carbocycles. The van der Waals surface area contributed by atoms with Gasteiger partial charge in [0.05, 0.1) is 11.3 Å². The molecule has 0 saturated carbocycles. The summed E-state index contributed by atoms with van der Waals surface area (Å²) in [5.41, 5.74) is 1.49. The second-order valence-corrected chi connectivity index (χ2v) is 5.64. The maximum Gasteiger partial charge on any atom is 0.260 e. The van der Waals surface area contributed by atoms with Crippen molar-refractivity contribution in [1.29, 1.82) is 0 Å². The molecule has 0 aliphatic heterocycles. The zero-order valence-corrected chi connectivity index (χ0v) is 12.4. The Balaban J connectivity index is 2.14. The van der Waals surface area contributed by atoms with Gasteiger partial charge in [-0.3, -0.25) is 10.1 Å². The summed E-state index contributed by atoms with van der Waals surface area (Å²) in [4.78, 5) is 20.4. The predicted octanol–water partition coefficient (Wildman–Crippen LogP) is 3.68. The Kier molecular flexibility index (Phi) is 4.08. The Labute approximate surface area is 118 Å². The van der Waals surface area contributed by atoms with Crippen LogP contribution >= 0.6 is 27.3 Å². The number of aromatic nitrogens is 2. The first-order valence-corrected chi connectivity index (χ1v) is 7.12. The van der Waals surface area contributed by atoms with Crippen LogP contribution in [0.4, 0.5) is 5.13 Å². The van der Waals surface area contributed by atoms with Crippen molar-refractivity contribution in [1.82, 2.24) is 9.97 Å². The molecule has 0 bridgehead atoms. The number of hydrogen-bond donors (Lipinski definition) is 1. The van der Waals surface area contributed by atoms with Gasteiger partial charge in [-0.05, 0) is 34.0 Å². The molecule has 2 heterocycles. The van der Waals surface area contributed by atoms with Gasteiger partial charge >= 0.3 is 0 Å². The normalized spacial score (nSPS) is 10.7. The average molecular weight is 326 g/mol. The molecule has 2 rings (SSSR count). The fraction of sp³-hybridized carbons (Fsp3) is 0.250. The van der Waals surface area contributed by atoms with E-state index >= 15 is 0 Å². The second-order valence-electron chi connectivity index (χ2n) is 4.03. The summed E-state index contributed by atoms with van der Waals surface area (Å²) in [6.07, 6.45) is 1.63. The monoisotopic (exact) mass is 325 g/mol. The van der Waals surface area contributed by atoms with Crippen LogP contribution in [0.15, 0.2) is 28.3 Å². The lowest BCUT2D eigenvalue weighted by atomic mass is 10.2. The van der Waals surface area contributed by atoms with Gasteiger partial charge in [-0.2, -0.15) is 0 Å². The van der Waals surface area contributed by atoms with Crippen LogP contribution in [0.2, 0.25) is 0 Å². The Morgan fingerprint density at radius 2 is 2.28 bits per heavy atom. The lowest BCUT2D eigenvalue weighted by Crippen LogP contribution is -2.12. The first-order valence-electron chi connectivity index (χ1n) is 5.45. The molecule has 0 atom stereocenters. The number of carbonyl (C=O) groups excluding carboxylic acids is 1. The van der Waals surface area contributed by atoms with E-state index in [0.717, 1.165) is 5.69 Å². The molecule has 2 aromatic heterocycles. The third-order valence-electron chi connectivity index (χ3n) is 2.34. The number of hydrogen-bond acceptors (Lipinski definition) is 4. The van der Waals surface area contributed by atoms with E-state index < -0.39 is 0 Å². The fourth-order valence-electron chi connectivity index (χ4n) is 1.33. The topological polar surface area (TPSA) is 54.9 Å². The number of rotatable bonds is 3. The van der Waals surface area contributed by atoms with Crippen molar-refractivity contribution in [2.75, 3.05) is 5.32 Å². The van der Waals surface area contributed by atoms with Crippen LogP contribution in [-0.2, 0) is 0 Å². The summed E-state index contributed by atoms with van der Waals surface area (Å²) < 4.78 is 0.531. The van der Waals surface area contributed by atoms with E-state index in [1.807, 2.05) is 5.38 Å². The molecule has 6 heteroatoms. The van der Waals surface area contributed by atoms with Crippen LogP contribution < -0.4 is 5.32 Å². The van der Waals surface area contributed by atoms with Gasteiger partial charge in [0.15, 0.2) is 5.13 Å². The minimum absolute atomic E-state index is 0.209. The van der Waals surface area contributed by atoms with Crippen LogP contribution in [0.1, 0.15) is 35.8 Å². The van der Waals surface area contributed by atoms with Gasteiger partial charge in [-0.15, -0.1) is 11.3 Å². The summed E-state index contributed by atoms with van der Waals surface area (Å²) in [5, 5.41) is 5.34. The van der Waals surface area contributed by atoms with Crippen LogP contribution in [0, 0.1) is 0 Å². The van der Waals surface area contributed by atoms with Gasteiger partial charge < -0.3 is 0 Å². The number of carbonyl (C=O) groups is 1. The predicted molar refractivity (Wildman–Crippen MR) is 76.1 cm³/mol. The average Bonchev–Trinajstić information content (AvgIpc) is 2.78. The quantitative estimate of drug-likeness (QED) is 0.876. The van der Waals surface area contributed by atoms with E-state index in [-0.39, 0.29) is 5.91 Å². The van der Waals surface area contributed by atoms with Gasteiger partial charge in [-0.1, -0.05) is 13.8 Å². The third kappa shape index (κ3) is 2.94. The van der Waals surface area contributed by atoms with Gasteiger partial charge in [0.1, 0.15) is 4.60 Å². The van der Waals surface area contributed by atoms with Gasteiger partial charge in [0.25, 0.3) is 5.91 Å².